The number of nitro benzene ring substituents is 1. The van der Waals surface area contributed by atoms with Crippen molar-refractivity contribution in [2.45, 2.75) is 25.6 Å². The lowest BCUT2D eigenvalue weighted by Gasteiger charge is -2.38. The van der Waals surface area contributed by atoms with E-state index in [2.05, 4.69) is 0 Å². The van der Waals surface area contributed by atoms with Gasteiger partial charge in [0.1, 0.15) is 17.2 Å². The topological polar surface area (TPSA) is 90.3 Å². The number of hydrogen-bond donors (Lipinski definition) is 0. The van der Waals surface area contributed by atoms with E-state index >= 15 is 0 Å². The summed E-state index contributed by atoms with van der Waals surface area (Å²) in [4.78, 5) is 10.6. The molecule has 2 aliphatic heterocycles. The Morgan fingerprint density at radius 1 is 1.17 bits per heavy atom. The van der Waals surface area contributed by atoms with Crippen LogP contribution in [0.5, 0.6) is 11.5 Å². The Hall–Kier alpha value is -3.81. The van der Waals surface area contributed by atoms with Crippen molar-refractivity contribution in [1.29, 1.82) is 0 Å². The van der Waals surface area contributed by atoms with Gasteiger partial charge in [-0.2, -0.15) is 5.10 Å². The zero-order valence-corrected chi connectivity index (χ0v) is 16.4. The summed E-state index contributed by atoms with van der Waals surface area (Å²) in [5.74, 6) is 2.86. The summed E-state index contributed by atoms with van der Waals surface area (Å²) in [5.41, 5.74) is 2.61. The number of furan rings is 1. The van der Waals surface area contributed by atoms with Crippen LogP contribution in [0.15, 0.2) is 64.1 Å². The highest BCUT2D eigenvalue weighted by atomic mass is 16.6. The molecule has 30 heavy (non-hydrogen) atoms. The normalized spacial score (nSPS) is 19.5. The van der Waals surface area contributed by atoms with Crippen molar-refractivity contribution in [2.75, 3.05) is 7.11 Å². The summed E-state index contributed by atoms with van der Waals surface area (Å²) in [7, 11) is 1.61. The number of ether oxygens (including phenoxy) is 2. The van der Waals surface area contributed by atoms with E-state index in [1.54, 1.807) is 19.2 Å². The predicted octanol–water partition coefficient (Wildman–Crippen LogP) is 4.75. The maximum atomic E-state index is 11.0. The van der Waals surface area contributed by atoms with Gasteiger partial charge in [-0.05, 0) is 37.3 Å². The lowest BCUT2D eigenvalue weighted by atomic mass is 9.97. The molecule has 3 aromatic rings. The summed E-state index contributed by atoms with van der Waals surface area (Å²) in [6.07, 6.45) is 0.105. The largest absolute Gasteiger partial charge is 0.493 e. The number of nitro groups is 1. The third-order valence-electron chi connectivity index (χ3n) is 5.41. The molecular weight excluding hydrogens is 386 g/mol. The molecule has 0 saturated carbocycles. The molecule has 0 aliphatic carbocycles. The Balaban J connectivity index is 1.60. The second kappa shape index (κ2) is 6.91. The van der Waals surface area contributed by atoms with E-state index in [-0.39, 0.29) is 11.7 Å². The van der Waals surface area contributed by atoms with Gasteiger partial charge in [0, 0.05) is 29.7 Å². The summed E-state index contributed by atoms with van der Waals surface area (Å²) in [5, 5.41) is 17.8. The van der Waals surface area contributed by atoms with E-state index in [1.165, 1.54) is 12.1 Å². The first-order chi connectivity index (χ1) is 14.5. The van der Waals surface area contributed by atoms with Crippen LogP contribution in [0.1, 0.15) is 41.3 Å². The highest BCUT2D eigenvalue weighted by molar-refractivity contribution is 5.99. The van der Waals surface area contributed by atoms with Crippen molar-refractivity contribution < 1.29 is 18.8 Å². The maximum absolute atomic E-state index is 11.0. The van der Waals surface area contributed by atoms with E-state index in [0.29, 0.717) is 17.9 Å². The van der Waals surface area contributed by atoms with Crippen molar-refractivity contribution in [3.8, 4) is 11.5 Å². The lowest BCUT2D eigenvalue weighted by molar-refractivity contribution is -0.384. The first-order valence-electron chi connectivity index (χ1n) is 9.55. The fourth-order valence-electron chi connectivity index (χ4n) is 3.96. The van der Waals surface area contributed by atoms with E-state index in [4.69, 9.17) is 19.0 Å². The van der Waals surface area contributed by atoms with Crippen molar-refractivity contribution in [1.82, 2.24) is 5.01 Å². The molecule has 5 rings (SSSR count). The van der Waals surface area contributed by atoms with Crippen LogP contribution in [0, 0.1) is 17.0 Å². The predicted molar refractivity (Wildman–Crippen MR) is 109 cm³/mol. The Morgan fingerprint density at radius 3 is 2.63 bits per heavy atom. The quantitative estimate of drug-likeness (QED) is 0.460. The Bertz CT molecular complexity index is 1150. The number of para-hydroxylation sites is 1. The SMILES string of the molecule is COc1cccc2c1O[C@@H](c1ccc([N+](=O)[O-])cc1)N1N=C(c3ccc(C)o3)C[C@@H]21. The number of methoxy groups -OCH3 is 1. The minimum Gasteiger partial charge on any atom is -0.493 e. The zero-order valence-electron chi connectivity index (χ0n) is 16.4. The second-order valence-electron chi connectivity index (χ2n) is 7.25. The van der Waals surface area contributed by atoms with Gasteiger partial charge in [0.05, 0.1) is 18.1 Å². The lowest BCUT2D eigenvalue weighted by Crippen LogP contribution is -2.33. The molecule has 2 aliphatic rings. The third kappa shape index (κ3) is 2.88. The summed E-state index contributed by atoms with van der Waals surface area (Å²) < 4.78 is 17.7. The zero-order chi connectivity index (χ0) is 20.8. The summed E-state index contributed by atoms with van der Waals surface area (Å²) >= 11 is 0. The van der Waals surface area contributed by atoms with Gasteiger partial charge in [-0.15, -0.1) is 0 Å². The van der Waals surface area contributed by atoms with Gasteiger partial charge in [0.2, 0.25) is 6.23 Å². The molecular formula is C22H19N3O5. The minimum atomic E-state index is -0.548. The van der Waals surface area contributed by atoms with Gasteiger partial charge < -0.3 is 13.9 Å². The highest BCUT2D eigenvalue weighted by Gasteiger charge is 2.42. The van der Waals surface area contributed by atoms with E-state index < -0.39 is 11.2 Å². The fraction of sp³-hybridized carbons (Fsp3) is 0.227. The van der Waals surface area contributed by atoms with Crippen LogP contribution >= 0.6 is 0 Å². The maximum Gasteiger partial charge on any atom is 0.269 e. The number of nitrogens with zero attached hydrogens (tertiary/aromatic N) is 3. The molecule has 152 valence electrons. The third-order valence-corrected chi connectivity index (χ3v) is 5.41. The molecule has 0 unspecified atom stereocenters. The molecule has 0 amide bonds. The number of fused-ring (bicyclic) bond motifs is 3. The van der Waals surface area contributed by atoms with Gasteiger partial charge in [0.15, 0.2) is 11.5 Å². The molecule has 2 aromatic carbocycles. The standard InChI is InChI=1S/C22H19N3O5/c1-13-6-11-19(29-13)17-12-18-16-4-3-5-20(28-2)21(16)30-22(24(18)23-17)14-7-9-15(10-8-14)25(26)27/h3-11,18,22H,12H2,1-2H3/t18-,22-/m0/s1. The van der Waals surface area contributed by atoms with Crippen molar-refractivity contribution in [2.24, 2.45) is 5.10 Å². The van der Waals surface area contributed by atoms with E-state index in [1.807, 2.05) is 42.3 Å². The number of non-ortho nitro benzene ring substituents is 1. The number of hydrazone groups is 1. The molecule has 0 radical (unpaired) electrons. The van der Waals surface area contributed by atoms with Crippen molar-refractivity contribution >= 4 is 11.4 Å². The molecule has 2 atom stereocenters. The van der Waals surface area contributed by atoms with Gasteiger partial charge in [-0.1, -0.05) is 12.1 Å². The number of hydrogen-bond acceptors (Lipinski definition) is 7. The Morgan fingerprint density at radius 2 is 1.97 bits per heavy atom. The molecule has 3 heterocycles. The fourth-order valence-corrected chi connectivity index (χ4v) is 3.96. The monoisotopic (exact) mass is 405 g/mol. The number of benzene rings is 2. The average molecular weight is 405 g/mol. The van der Waals surface area contributed by atoms with Gasteiger partial charge in [-0.25, -0.2) is 5.01 Å². The van der Waals surface area contributed by atoms with Gasteiger partial charge in [-0.3, -0.25) is 10.1 Å². The average Bonchev–Trinajstić information content (AvgIpc) is 3.39. The smallest absolute Gasteiger partial charge is 0.269 e. The molecule has 1 aromatic heterocycles. The van der Waals surface area contributed by atoms with Crippen LogP contribution in [0.3, 0.4) is 0 Å². The van der Waals surface area contributed by atoms with Crippen LogP contribution in [-0.4, -0.2) is 22.8 Å². The summed E-state index contributed by atoms with van der Waals surface area (Å²) in [6.45, 7) is 1.90. The highest BCUT2D eigenvalue weighted by Crippen LogP contribution is 2.50. The van der Waals surface area contributed by atoms with Crippen LogP contribution in [-0.2, 0) is 0 Å². The van der Waals surface area contributed by atoms with Crippen molar-refractivity contribution in [3.05, 3.63) is 87.4 Å². The molecule has 8 heteroatoms. The molecule has 0 N–H and O–H groups in total. The van der Waals surface area contributed by atoms with Crippen LogP contribution in [0.25, 0.3) is 0 Å². The minimum absolute atomic E-state index is 0.0285. The van der Waals surface area contributed by atoms with Crippen LogP contribution < -0.4 is 9.47 Å². The van der Waals surface area contributed by atoms with E-state index in [0.717, 1.165) is 28.4 Å². The Labute approximate surface area is 172 Å². The van der Waals surface area contributed by atoms with Crippen LogP contribution in [0.2, 0.25) is 0 Å². The molecule has 8 nitrogen and oxygen atoms in total. The number of aryl methyl sites for hydroxylation is 1. The van der Waals surface area contributed by atoms with Crippen LogP contribution in [0.4, 0.5) is 5.69 Å². The van der Waals surface area contributed by atoms with Crippen molar-refractivity contribution in [3.63, 3.8) is 0 Å². The second-order valence-corrected chi connectivity index (χ2v) is 7.25. The molecule has 0 bridgehead atoms. The summed E-state index contributed by atoms with van der Waals surface area (Å²) in [6, 6.07) is 15.9. The molecule has 0 fully saturated rings. The first-order valence-corrected chi connectivity index (χ1v) is 9.55. The molecule has 0 saturated heterocycles. The van der Waals surface area contributed by atoms with Gasteiger partial charge >= 0.3 is 0 Å². The first kappa shape index (κ1) is 18.2. The van der Waals surface area contributed by atoms with E-state index in [9.17, 15) is 10.1 Å². The molecule has 0 spiro atoms. The van der Waals surface area contributed by atoms with Gasteiger partial charge in [0.25, 0.3) is 5.69 Å². The Kier molecular flexibility index (Phi) is 4.20. The number of rotatable bonds is 4.